The van der Waals surface area contributed by atoms with Crippen LogP contribution in [-0.2, 0) is 4.79 Å². The number of likely N-dealkylation sites (N-methyl/N-ethyl adjacent to an activating group) is 1. The van der Waals surface area contributed by atoms with Crippen LogP contribution in [0.2, 0.25) is 0 Å². The van der Waals surface area contributed by atoms with E-state index in [1.807, 2.05) is 64.4 Å². The molecule has 116 valence electrons. The Labute approximate surface area is 131 Å². The van der Waals surface area contributed by atoms with Crippen LogP contribution in [0.1, 0.15) is 11.6 Å². The molecule has 1 unspecified atom stereocenters. The quantitative estimate of drug-likeness (QED) is 0.926. The normalized spacial score (nSPS) is 18.0. The van der Waals surface area contributed by atoms with Crippen molar-refractivity contribution in [3.8, 4) is 0 Å². The van der Waals surface area contributed by atoms with Crippen molar-refractivity contribution in [3.63, 3.8) is 0 Å². The molecule has 1 atom stereocenters. The molecule has 5 heteroatoms. The molecule has 0 saturated carbocycles. The van der Waals surface area contributed by atoms with Crippen molar-refractivity contribution in [2.45, 2.75) is 6.04 Å². The summed E-state index contributed by atoms with van der Waals surface area (Å²) in [7, 11) is 2.10. The van der Waals surface area contributed by atoms with Gasteiger partial charge in [-0.25, -0.2) is 5.01 Å². The fraction of sp³-hybridized carbons (Fsp3) is 0.353. The van der Waals surface area contributed by atoms with Crippen LogP contribution in [0.25, 0.3) is 0 Å². The lowest BCUT2D eigenvalue weighted by Gasteiger charge is -2.33. The molecule has 0 bridgehead atoms. The minimum Gasteiger partial charge on any atom is -0.338 e. The van der Waals surface area contributed by atoms with Gasteiger partial charge in [0, 0.05) is 38.6 Å². The van der Waals surface area contributed by atoms with Crippen molar-refractivity contribution in [2.24, 2.45) is 0 Å². The van der Waals surface area contributed by atoms with Gasteiger partial charge in [-0.1, -0.05) is 30.3 Å². The second kappa shape index (κ2) is 6.77. The molecular weight excluding hydrogens is 276 g/mol. The molecule has 1 N–H and O–H groups in total. The Balaban J connectivity index is 1.76. The van der Waals surface area contributed by atoms with E-state index in [4.69, 9.17) is 0 Å². The highest BCUT2D eigenvalue weighted by atomic mass is 16.2. The van der Waals surface area contributed by atoms with Gasteiger partial charge < -0.3 is 9.47 Å². The van der Waals surface area contributed by atoms with E-state index in [9.17, 15) is 4.79 Å². The van der Waals surface area contributed by atoms with E-state index in [1.54, 1.807) is 0 Å². The molecule has 0 aliphatic carbocycles. The van der Waals surface area contributed by atoms with Crippen molar-refractivity contribution >= 4 is 5.91 Å². The Morgan fingerprint density at radius 1 is 1.00 bits per heavy atom. The number of nitrogens with zero attached hydrogens (tertiary/aromatic N) is 3. The number of hydrogen-bond acceptors (Lipinski definition) is 3. The molecule has 1 saturated heterocycles. The van der Waals surface area contributed by atoms with E-state index in [0.29, 0.717) is 0 Å². The first-order chi connectivity index (χ1) is 10.7. The summed E-state index contributed by atoms with van der Waals surface area (Å²) in [5.74, 6) is 0.00644. The number of aromatic nitrogens is 1. The van der Waals surface area contributed by atoms with Crippen molar-refractivity contribution in [1.82, 2.24) is 19.9 Å². The third-order valence-electron chi connectivity index (χ3n) is 4.06. The average molecular weight is 298 g/mol. The van der Waals surface area contributed by atoms with E-state index in [0.717, 1.165) is 31.7 Å². The molecule has 0 radical (unpaired) electrons. The zero-order chi connectivity index (χ0) is 15.4. The molecule has 1 aliphatic rings. The van der Waals surface area contributed by atoms with Gasteiger partial charge in [0.25, 0.3) is 5.91 Å². The lowest BCUT2D eigenvalue weighted by Crippen LogP contribution is -2.53. The van der Waals surface area contributed by atoms with Crippen LogP contribution in [0.5, 0.6) is 0 Å². The molecular formula is C17H22N4O. The fourth-order valence-electron chi connectivity index (χ4n) is 2.75. The van der Waals surface area contributed by atoms with Gasteiger partial charge >= 0.3 is 0 Å². The van der Waals surface area contributed by atoms with Gasteiger partial charge in [0.1, 0.15) is 6.04 Å². The van der Waals surface area contributed by atoms with Crippen LogP contribution >= 0.6 is 0 Å². The first-order valence-electron chi connectivity index (χ1n) is 7.65. The molecule has 2 heterocycles. The summed E-state index contributed by atoms with van der Waals surface area (Å²) in [6.45, 7) is 3.66. The molecule has 1 aromatic carbocycles. The molecule has 1 fully saturated rings. The Morgan fingerprint density at radius 2 is 1.64 bits per heavy atom. The predicted octanol–water partition coefficient (Wildman–Crippen LogP) is 1.36. The van der Waals surface area contributed by atoms with Crippen molar-refractivity contribution in [2.75, 3.05) is 33.2 Å². The maximum absolute atomic E-state index is 12.8. The van der Waals surface area contributed by atoms with Gasteiger partial charge in [0.05, 0.1) is 0 Å². The summed E-state index contributed by atoms with van der Waals surface area (Å²) >= 11 is 0. The summed E-state index contributed by atoms with van der Waals surface area (Å²) in [6.07, 6.45) is 3.86. The van der Waals surface area contributed by atoms with Crippen molar-refractivity contribution in [1.29, 1.82) is 0 Å². The number of piperazine rings is 1. The Kier molecular flexibility index (Phi) is 4.56. The van der Waals surface area contributed by atoms with Crippen molar-refractivity contribution < 1.29 is 4.79 Å². The van der Waals surface area contributed by atoms with Crippen LogP contribution in [0.3, 0.4) is 0 Å². The highest BCUT2D eigenvalue weighted by Crippen LogP contribution is 2.19. The molecule has 5 nitrogen and oxygen atoms in total. The Bertz CT molecular complexity index is 588. The minimum absolute atomic E-state index is 0.00644. The summed E-state index contributed by atoms with van der Waals surface area (Å²) in [6, 6.07) is 13.4. The summed E-state index contributed by atoms with van der Waals surface area (Å²) in [5, 5.41) is 2.02. The van der Waals surface area contributed by atoms with Gasteiger partial charge in [0.15, 0.2) is 0 Å². The third-order valence-corrected chi connectivity index (χ3v) is 4.06. The lowest BCUT2D eigenvalue weighted by atomic mass is 10.1. The van der Waals surface area contributed by atoms with E-state index in [2.05, 4.69) is 17.4 Å². The fourth-order valence-corrected chi connectivity index (χ4v) is 2.75. The first-order valence-corrected chi connectivity index (χ1v) is 7.65. The Hall–Kier alpha value is -2.11. The molecule has 22 heavy (non-hydrogen) atoms. The van der Waals surface area contributed by atoms with E-state index in [1.165, 1.54) is 0 Å². The zero-order valence-corrected chi connectivity index (χ0v) is 12.9. The molecule has 3 rings (SSSR count). The predicted molar refractivity (Wildman–Crippen MR) is 86.2 cm³/mol. The van der Waals surface area contributed by atoms with E-state index >= 15 is 0 Å². The molecule has 2 aromatic rings. The number of benzene rings is 1. The standard InChI is InChI=1S/C17H22N4O/c1-19-11-13-21(14-12-19)18-17(22)16(20-9-5-6-10-20)15-7-3-2-4-8-15/h2-10,16H,11-14H2,1H3,(H,18,22). The molecule has 1 amide bonds. The summed E-state index contributed by atoms with van der Waals surface area (Å²) < 4.78 is 1.95. The second-order valence-corrected chi connectivity index (χ2v) is 5.71. The zero-order valence-electron chi connectivity index (χ0n) is 12.9. The lowest BCUT2D eigenvalue weighted by molar-refractivity contribution is -0.128. The van der Waals surface area contributed by atoms with Gasteiger partial charge in [-0.2, -0.15) is 0 Å². The van der Waals surface area contributed by atoms with Crippen LogP contribution in [0.15, 0.2) is 54.9 Å². The highest BCUT2D eigenvalue weighted by Gasteiger charge is 2.24. The van der Waals surface area contributed by atoms with Gasteiger partial charge in [0.2, 0.25) is 0 Å². The maximum Gasteiger partial charge on any atom is 0.261 e. The Morgan fingerprint density at radius 3 is 2.27 bits per heavy atom. The van der Waals surface area contributed by atoms with Gasteiger partial charge in [-0.3, -0.25) is 10.2 Å². The van der Waals surface area contributed by atoms with Crippen molar-refractivity contribution in [3.05, 3.63) is 60.4 Å². The highest BCUT2D eigenvalue weighted by molar-refractivity contribution is 5.83. The second-order valence-electron chi connectivity index (χ2n) is 5.71. The van der Waals surface area contributed by atoms with Gasteiger partial charge in [-0.15, -0.1) is 0 Å². The SMILES string of the molecule is CN1CCN(NC(=O)C(c2ccccc2)n2cccc2)CC1. The number of carbonyl (C=O) groups is 1. The number of rotatable bonds is 4. The van der Waals surface area contributed by atoms with Gasteiger partial charge in [-0.05, 0) is 24.7 Å². The number of hydrazine groups is 1. The van der Waals surface area contributed by atoms with Crippen LogP contribution in [0.4, 0.5) is 0 Å². The van der Waals surface area contributed by atoms with E-state index < -0.39 is 0 Å². The minimum atomic E-state index is -0.337. The number of amides is 1. The smallest absolute Gasteiger partial charge is 0.261 e. The summed E-state index contributed by atoms with van der Waals surface area (Å²) in [4.78, 5) is 15.1. The van der Waals surface area contributed by atoms with Crippen LogP contribution in [0, 0.1) is 0 Å². The van der Waals surface area contributed by atoms with Crippen LogP contribution < -0.4 is 5.43 Å². The number of hydrogen-bond donors (Lipinski definition) is 1. The third kappa shape index (κ3) is 3.37. The average Bonchev–Trinajstić information content (AvgIpc) is 3.05. The largest absolute Gasteiger partial charge is 0.338 e. The molecule has 0 spiro atoms. The van der Waals surface area contributed by atoms with Crippen LogP contribution in [-0.4, -0.2) is 53.6 Å². The summed E-state index contributed by atoms with van der Waals surface area (Å²) in [5.41, 5.74) is 4.06. The number of carbonyl (C=O) groups excluding carboxylic acids is 1. The topological polar surface area (TPSA) is 40.5 Å². The molecule has 1 aliphatic heterocycles. The monoisotopic (exact) mass is 298 g/mol. The molecule has 1 aromatic heterocycles. The first kappa shape index (κ1) is 14.8. The van der Waals surface area contributed by atoms with E-state index in [-0.39, 0.29) is 11.9 Å². The number of nitrogens with one attached hydrogen (secondary N) is 1. The maximum atomic E-state index is 12.8.